The number of aromatic nitrogens is 1. The third-order valence-corrected chi connectivity index (χ3v) is 7.36. The molecule has 1 aliphatic rings. The number of anilines is 1. The summed E-state index contributed by atoms with van der Waals surface area (Å²) in [7, 11) is -2.86. The average Bonchev–Trinajstić information content (AvgIpc) is 3.37. The van der Waals surface area contributed by atoms with Crippen molar-refractivity contribution in [2.75, 3.05) is 11.4 Å². The predicted molar refractivity (Wildman–Crippen MR) is 136 cm³/mol. The Kier molecular flexibility index (Phi) is 8.94. The molecule has 0 spiro atoms. The summed E-state index contributed by atoms with van der Waals surface area (Å²) in [6, 6.07) is 9.15. The number of aliphatic carboxylic acids is 1. The van der Waals surface area contributed by atoms with E-state index >= 15 is 0 Å². The van der Waals surface area contributed by atoms with Gasteiger partial charge in [0.25, 0.3) is 5.52 Å². The number of fused-ring (bicyclic) bond motifs is 2. The molecule has 208 valence electrons. The van der Waals surface area contributed by atoms with Gasteiger partial charge >= 0.3 is 11.9 Å². The van der Waals surface area contributed by atoms with Crippen LogP contribution in [0.2, 0.25) is 0 Å². The van der Waals surface area contributed by atoms with Crippen molar-refractivity contribution in [1.82, 2.24) is 0 Å². The lowest BCUT2D eigenvalue weighted by molar-refractivity contribution is -0.777. The van der Waals surface area contributed by atoms with Crippen molar-refractivity contribution < 1.29 is 51.2 Å². The van der Waals surface area contributed by atoms with E-state index in [1.54, 1.807) is 35.3 Å². The maximum absolute atomic E-state index is 11.6. The summed E-state index contributed by atoms with van der Waals surface area (Å²) >= 11 is 0.773. The van der Waals surface area contributed by atoms with Crippen molar-refractivity contribution in [3.8, 4) is 5.75 Å². The van der Waals surface area contributed by atoms with Crippen molar-refractivity contribution in [3.63, 3.8) is 0 Å². The van der Waals surface area contributed by atoms with Crippen LogP contribution in [0.4, 0.5) is 5.69 Å². The van der Waals surface area contributed by atoms with Gasteiger partial charge < -0.3 is 29.0 Å². The highest BCUT2D eigenvalue weighted by molar-refractivity contribution is 7.94. The molecular weight excluding hydrogens is 552 g/mol. The molecule has 2 aromatic carbocycles. The van der Waals surface area contributed by atoms with Gasteiger partial charge in [0.1, 0.15) is 17.2 Å². The number of allylic oxidation sites excluding steroid dienone is 2. The van der Waals surface area contributed by atoms with Crippen molar-refractivity contribution in [2.24, 2.45) is 7.05 Å². The summed E-state index contributed by atoms with van der Waals surface area (Å²) in [5.74, 6) is 0.480. The first-order valence-electron chi connectivity index (χ1n) is 11.8. The highest BCUT2D eigenvalue weighted by Gasteiger charge is 2.27. The quantitative estimate of drug-likeness (QED) is 0.0835. The number of ether oxygens (including phenoxy) is 1. The molecule has 0 aliphatic carbocycles. The molecule has 0 saturated heterocycles. The third kappa shape index (κ3) is 6.98. The molecule has 0 amide bonds. The van der Waals surface area contributed by atoms with Crippen LogP contribution in [-0.4, -0.2) is 30.6 Å². The van der Waals surface area contributed by atoms with E-state index in [9.17, 15) is 23.0 Å². The van der Waals surface area contributed by atoms with Crippen LogP contribution in [0.25, 0.3) is 17.2 Å². The lowest BCUT2D eigenvalue weighted by Crippen LogP contribution is -2.29. The number of carboxylic acid groups (broad SMARTS) is 1. The summed E-state index contributed by atoms with van der Waals surface area (Å²) in [5.41, 5.74) is 2.54. The highest BCUT2D eigenvalue weighted by Crippen LogP contribution is 2.41. The fourth-order valence-corrected chi connectivity index (χ4v) is 4.99. The van der Waals surface area contributed by atoms with Gasteiger partial charge in [-0.1, -0.05) is 6.42 Å². The zero-order valence-corrected chi connectivity index (χ0v) is 22.6. The zero-order chi connectivity index (χ0) is 28.2. The fourth-order valence-electron chi connectivity index (χ4n) is 4.11. The molecule has 0 bridgehead atoms. The van der Waals surface area contributed by atoms with E-state index in [1.165, 1.54) is 18.2 Å². The standard InChI is InChI=1S/C25H26N2O10S2/c1-16(12-23-26(2)19-14-17(38-37-36-30)7-9-21(19)34-23)13-24-27(11-5-3-4-6-25(28)29)20-15-18(39(31,32)33)8-10-22(20)35-24/h7-10,12-15H,3-6,11H2,1-2H3,(H2-,28,29,30,31,32,33)/p-1. The summed E-state index contributed by atoms with van der Waals surface area (Å²) in [6.07, 6.45) is 5.37. The van der Waals surface area contributed by atoms with Crippen LogP contribution in [0.3, 0.4) is 0 Å². The van der Waals surface area contributed by atoms with Gasteiger partial charge in [-0.05, 0) is 55.7 Å². The van der Waals surface area contributed by atoms with Gasteiger partial charge in [0.15, 0.2) is 5.75 Å². The van der Waals surface area contributed by atoms with Crippen LogP contribution in [-0.2, 0) is 31.3 Å². The number of aryl methyl sites for hydroxylation is 1. The third-order valence-electron chi connectivity index (χ3n) is 5.96. The largest absolute Gasteiger partial charge is 0.744 e. The maximum atomic E-state index is 11.6. The Balaban J connectivity index is 1.61. The molecule has 3 aromatic rings. The Morgan fingerprint density at radius 2 is 2.00 bits per heavy atom. The van der Waals surface area contributed by atoms with E-state index in [-0.39, 0.29) is 11.3 Å². The molecule has 1 N–H and O–H groups in total. The summed E-state index contributed by atoms with van der Waals surface area (Å²) < 4.78 is 53.0. The Morgan fingerprint density at radius 1 is 1.21 bits per heavy atom. The van der Waals surface area contributed by atoms with Gasteiger partial charge in [0, 0.05) is 30.0 Å². The lowest BCUT2D eigenvalue weighted by Gasteiger charge is -2.19. The molecule has 39 heavy (non-hydrogen) atoms. The first-order valence-corrected chi connectivity index (χ1v) is 13.9. The minimum absolute atomic E-state index is 0.0599. The first-order chi connectivity index (χ1) is 18.6. The fraction of sp³-hybridized carbons (Fsp3) is 0.280. The number of carbonyl (C=O) groups is 1. The number of oxazole rings is 1. The maximum Gasteiger partial charge on any atom is 0.374 e. The molecule has 12 nitrogen and oxygen atoms in total. The lowest BCUT2D eigenvalue weighted by atomic mass is 10.2. The normalized spacial score (nSPS) is 14.7. The van der Waals surface area contributed by atoms with Gasteiger partial charge in [-0.2, -0.15) is 8.90 Å². The van der Waals surface area contributed by atoms with Crippen LogP contribution in [0.15, 0.2) is 68.1 Å². The van der Waals surface area contributed by atoms with Gasteiger partial charge in [-0.25, -0.2) is 8.42 Å². The van der Waals surface area contributed by atoms with Gasteiger partial charge in [0.2, 0.25) is 11.5 Å². The highest BCUT2D eigenvalue weighted by atomic mass is 32.2. The molecule has 0 atom stereocenters. The number of unbranched alkanes of at least 4 members (excludes halogenated alkanes) is 2. The summed E-state index contributed by atoms with van der Waals surface area (Å²) in [6.45, 7) is 2.26. The van der Waals surface area contributed by atoms with Crippen molar-refractivity contribution in [2.45, 2.75) is 42.4 Å². The molecule has 14 heteroatoms. The molecule has 1 aromatic heterocycles. The second-order valence-corrected chi connectivity index (χ2v) is 10.9. The number of benzene rings is 2. The molecule has 0 unspecified atom stereocenters. The van der Waals surface area contributed by atoms with Crippen molar-refractivity contribution in [1.29, 1.82) is 0 Å². The van der Waals surface area contributed by atoms with Crippen LogP contribution < -0.4 is 19.5 Å². The molecule has 4 rings (SSSR count). The minimum atomic E-state index is -4.67. The molecule has 0 radical (unpaired) electrons. The monoisotopic (exact) mass is 577 g/mol. The van der Waals surface area contributed by atoms with Crippen LogP contribution >= 0.6 is 12.0 Å². The molecule has 0 saturated carbocycles. The molecule has 0 fully saturated rings. The van der Waals surface area contributed by atoms with Gasteiger partial charge in [-0.15, -0.1) is 0 Å². The van der Waals surface area contributed by atoms with E-state index in [1.807, 2.05) is 18.5 Å². The van der Waals surface area contributed by atoms with Crippen LogP contribution in [0.1, 0.15) is 38.5 Å². The smallest absolute Gasteiger partial charge is 0.374 e. The second-order valence-electron chi connectivity index (χ2n) is 8.76. The number of rotatable bonds is 12. The first kappa shape index (κ1) is 28.6. The molecule has 2 heterocycles. The summed E-state index contributed by atoms with van der Waals surface area (Å²) in [4.78, 5) is 12.8. The predicted octanol–water partition coefficient (Wildman–Crippen LogP) is 3.18. The van der Waals surface area contributed by atoms with E-state index in [0.29, 0.717) is 59.5 Å². The second kappa shape index (κ2) is 12.2. The number of nitrogens with zero attached hydrogens (tertiary/aromatic N) is 2. The van der Waals surface area contributed by atoms with E-state index in [0.717, 1.165) is 23.1 Å². The Hall–Kier alpha value is -3.40. The van der Waals surface area contributed by atoms with Crippen LogP contribution in [0, 0.1) is 0 Å². The number of hydrogen-bond acceptors (Lipinski definition) is 11. The average molecular weight is 578 g/mol. The number of carboxylic acids is 1. The van der Waals surface area contributed by atoms with Crippen molar-refractivity contribution >= 4 is 51.0 Å². The SMILES string of the molecule is CC(=Cc1oc2ccc(SOO[O-])cc2[n+]1C)C=C1Oc2ccc(S(=O)(=O)[O-])cc2N1CCCCCC(=O)O. The van der Waals surface area contributed by atoms with Gasteiger partial charge in [0.05, 0.1) is 28.7 Å². The minimum Gasteiger partial charge on any atom is -0.744 e. The Labute approximate surface area is 228 Å². The van der Waals surface area contributed by atoms with E-state index in [2.05, 4.69) is 9.37 Å². The number of hydrogen-bond donors (Lipinski definition) is 1. The van der Waals surface area contributed by atoms with Crippen molar-refractivity contribution in [3.05, 3.63) is 59.8 Å². The Bertz CT molecular complexity index is 1550. The molecule has 1 aliphatic heterocycles. The van der Waals surface area contributed by atoms with E-state index < -0.39 is 16.1 Å². The van der Waals surface area contributed by atoms with Crippen LogP contribution in [0.5, 0.6) is 5.75 Å². The summed E-state index contributed by atoms with van der Waals surface area (Å²) in [5, 5.41) is 22.4. The zero-order valence-electron chi connectivity index (χ0n) is 21.0. The van der Waals surface area contributed by atoms with E-state index in [4.69, 9.17) is 14.3 Å². The van der Waals surface area contributed by atoms with Gasteiger partial charge in [-0.3, -0.25) is 9.83 Å². The topological polar surface area (TPSA) is 166 Å². The molecular formula is C25H25N2O10S2-. The Morgan fingerprint density at radius 3 is 2.72 bits per heavy atom.